The molecule has 1 aromatic heterocycles. The summed E-state index contributed by atoms with van der Waals surface area (Å²) in [6, 6.07) is 6.52. The van der Waals surface area contributed by atoms with E-state index in [4.69, 9.17) is 4.74 Å². The molecule has 8 nitrogen and oxygen atoms in total. The van der Waals surface area contributed by atoms with Crippen molar-refractivity contribution in [2.45, 2.75) is 19.9 Å². The lowest BCUT2D eigenvalue weighted by Gasteiger charge is -2.26. The Bertz CT molecular complexity index is 1100. The summed E-state index contributed by atoms with van der Waals surface area (Å²) in [5.41, 5.74) is 2.14. The smallest absolute Gasteiger partial charge is 0.354 e. The van der Waals surface area contributed by atoms with Gasteiger partial charge in [-0.15, -0.1) is 0 Å². The molecule has 1 saturated heterocycles. The number of aliphatic hydroxyl groups excluding tert-OH is 1. The number of Topliss-reactive ketones (excluding diaryl/α,β-unsaturated/α-hetero) is 1. The van der Waals surface area contributed by atoms with Crippen LogP contribution in [0.4, 0.5) is 0 Å². The summed E-state index contributed by atoms with van der Waals surface area (Å²) in [4.78, 5) is 44.5. The number of esters is 1. The Labute approximate surface area is 195 Å². The van der Waals surface area contributed by atoms with Crippen LogP contribution in [0.15, 0.2) is 34.3 Å². The van der Waals surface area contributed by atoms with E-state index in [0.717, 1.165) is 4.47 Å². The van der Waals surface area contributed by atoms with E-state index in [-0.39, 0.29) is 17.0 Å². The van der Waals surface area contributed by atoms with E-state index < -0.39 is 23.7 Å². The van der Waals surface area contributed by atoms with Crippen LogP contribution >= 0.6 is 15.9 Å². The van der Waals surface area contributed by atoms with Crippen LogP contribution in [0, 0.1) is 13.8 Å². The molecule has 2 aromatic rings. The Morgan fingerprint density at radius 1 is 1.22 bits per heavy atom. The van der Waals surface area contributed by atoms with Gasteiger partial charge < -0.3 is 24.6 Å². The molecule has 1 aromatic carbocycles. The highest BCUT2D eigenvalue weighted by Gasteiger charge is 2.46. The van der Waals surface area contributed by atoms with Gasteiger partial charge in [0.1, 0.15) is 11.5 Å². The Morgan fingerprint density at radius 2 is 1.84 bits per heavy atom. The van der Waals surface area contributed by atoms with Crippen LogP contribution < -0.4 is 0 Å². The number of amides is 1. The van der Waals surface area contributed by atoms with Crippen LogP contribution in [0.1, 0.15) is 38.9 Å². The van der Waals surface area contributed by atoms with Gasteiger partial charge in [0.15, 0.2) is 0 Å². The Balaban J connectivity index is 2.21. The van der Waals surface area contributed by atoms with E-state index in [1.165, 1.54) is 12.0 Å². The fraction of sp³-hybridized carbons (Fsp3) is 0.348. The second-order valence-electron chi connectivity index (χ2n) is 7.96. The van der Waals surface area contributed by atoms with Crippen molar-refractivity contribution in [3.8, 4) is 0 Å². The number of rotatable bonds is 6. The average Bonchev–Trinajstić information content (AvgIpc) is 3.18. The number of likely N-dealkylation sites (tertiary alicyclic amines) is 1. The van der Waals surface area contributed by atoms with Crippen molar-refractivity contribution < 1.29 is 24.2 Å². The summed E-state index contributed by atoms with van der Waals surface area (Å²) in [6.45, 7) is 4.20. The first-order valence-electron chi connectivity index (χ1n) is 10.0. The zero-order chi connectivity index (χ0) is 23.7. The number of ether oxygens (including phenoxy) is 1. The number of carbonyl (C=O) groups excluding carboxylic acids is 3. The fourth-order valence-corrected chi connectivity index (χ4v) is 4.22. The van der Waals surface area contributed by atoms with Gasteiger partial charge in [-0.1, -0.05) is 28.1 Å². The molecule has 1 atom stereocenters. The molecule has 0 aliphatic carbocycles. The normalized spacial score (nSPS) is 18.0. The van der Waals surface area contributed by atoms with Gasteiger partial charge in [-0.25, -0.2) is 4.79 Å². The van der Waals surface area contributed by atoms with Crippen molar-refractivity contribution in [2.75, 3.05) is 34.3 Å². The Hall–Kier alpha value is -2.91. The van der Waals surface area contributed by atoms with Crippen LogP contribution in [0.5, 0.6) is 0 Å². The minimum absolute atomic E-state index is 0.00213. The van der Waals surface area contributed by atoms with Gasteiger partial charge in [0.25, 0.3) is 11.7 Å². The third-order valence-corrected chi connectivity index (χ3v) is 6.11. The largest absolute Gasteiger partial charge is 0.507 e. The maximum Gasteiger partial charge on any atom is 0.354 e. The first kappa shape index (κ1) is 23.7. The van der Waals surface area contributed by atoms with E-state index >= 15 is 0 Å². The molecule has 1 amide bonds. The number of aromatic amines is 1. The van der Waals surface area contributed by atoms with Crippen LogP contribution in [0.25, 0.3) is 5.76 Å². The van der Waals surface area contributed by atoms with Crippen LogP contribution in [0.3, 0.4) is 0 Å². The molecule has 2 N–H and O–H groups in total. The van der Waals surface area contributed by atoms with Crippen LogP contribution in [-0.4, -0.2) is 71.8 Å². The van der Waals surface area contributed by atoms with Crippen molar-refractivity contribution in [3.63, 3.8) is 0 Å². The third kappa shape index (κ3) is 4.22. The molecule has 1 fully saturated rings. The number of hydrogen-bond acceptors (Lipinski definition) is 6. The monoisotopic (exact) mass is 503 g/mol. The lowest BCUT2D eigenvalue weighted by Crippen LogP contribution is -2.35. The van der Waals surface area contributed by atoms with Gasteiger partial charge in [0.2, 0.25) is 0 Å². The van der Waals surface area contributed by atoms with Gasteiger partial charge >= 0.3 is 5.97 Å². The van der Waals surface area contributed by atoms with Crippen molar-refractivity contribution in [1.82, 2.24) is 14.8 Å². The number of aryl methyl sites for hydroxylation is 1. The van der Waals surface area contributed by atoms with Crippen LogP contribution in [0.2, 0.25) is 0 Å². The summed E-state index contributed by atoms with van der Waals surface area (Å²) < 4.78 is 5.65. The standard InChI is InChI=1S/C23H26BrN3O5/c1-12-16(13(2)25-18(12)23(31)32-5)20(28)17-19(14-6-8-15(24)9-7-14)27(11-10-26(3)4)22(30)21(17)29/h6-9,19,25,28H,10-11H2,1-5H3/b20-17+/t19-/m0/s1. The molecule has 3 rings (SSSR count). The predicted octanol–water partition coefficient (Wildman–Crippen LogP) is 3.16. The number of aromatic nitrogens is 1. The molecule has 1 aliphatic heterocycles. The number of carbonyl (C=O) groups is 3. The Kier molecular flexibility index (Phi) is 6.90. The number of halogens is 1. The van der Waals surface area contributed by atoms with E-state index in [9.17, 15) is 19.5 Å². The number of hydrogen-bond donors (Lipinski definition) is 2. The van der Waals surface area contributed by atoms with Gasteiger partial charge in [0, 0.05) is 28.8 Å². The zero-order valence-corrected chi connectivity index (χ0v) is 20.2. The summed E-state index contributed by atoms with van der Waals surface area (Å²) in [5, 5.41) is 11.3. The minimum Gasteiger partial charge on any atom is -0.507 e. The molecule has 0 bridgehead atoms. The number of H-pyrrole nitrogens is 1. The highest BCUT2D eigenvalue weighted by molar-refractivity contribution is 9.10. The number of aliphatic hydroxyl groups is 1. The summed E-state index contributed by atoms with van der Waals surface area (Å²) in [5.74, 6) is -2.32. The molecular weight excluding hydrogens is 478 g/mol. The Morgan fingerprint density at radius 3 is 2.41 bits per heavy atom. The molecule has 2 heterocycles. The lowest BCUT2D eigenvalue weighted by atomic mass is 9.94. The molecule has 1 aliphatic rings. The van der Waals surface area contributed by atoms with E-state index in [2.05, 4.69) is 20.9 Å². The molecule has 170 valence electrons. The van der Waals surface area contributed by atoms with E-state index in [0.29, 0.717) is 35.5 Å². The van der Waals surface area contributed by atoms with Gasteiger partial charge in [-0.3, -0.25) is 9.59 Å². The second-order valence-corrected chi connectivity index (χ2v) is 8.88. The first-order chi connectivity index (χ1) is 15.1. The minimum atomic E-state index is -0.756. The molecular formula is C23H26BrN3O5. The number of nitrogens with zero attached hydrogens (tertiary/aromatic N) is 2. The van der Waals surface area contributed by atoms with Gasteiger partial charge in [-0.05, 0) is 51.2 Å². The molecule has 9 heteroatoms. The molecule has 0 spiro atoms. The number of likely N-dealkylation sites (N-methyl/N-ethyl adjacent to an activating group) is 1. The third-order valence-electron chi connectivity index (χ3n) is 5.58. The number of methoxy groups -OCH3 is 1. The maximum absolute atomic E-state index is 13.1. The first-order valence-corrected chi connectivity index (χ1v) is 10.8. The molecule has 0 radical (unpaired) electrons. The highest BCUT2D eigenvalue weighted by atomic mass is 79.9. The molecule has 32 heavy (non-hydrogen) atoms. The SMILES string of the molecule is COC(=O)c1[nH]c(C)c(/C(O)=C2\C(=O)C(=O)N(CCN(C)C)[C@H]2c2ccc(Br)cc2)c1C. The summed E-state index contributed by atoms with van der Waals surface area (Å²) >= 11 is 3.40. The molecule has 0 saturated carbocycles. The van der Waals surface area contributed by atoms with Crippen molar-refractivity contribution in [1.29, 1.82) is 0 Å². The fourth-order valence-electron chi connectivity index (χ4n) is 3.96. The second kappa shape index (κ2) is 9.30. The van der Waals surface area contributed by atoms with Gasteiger partial charge in [0.05, 0.1) is 18.7 Å². The maximum atomic E-state index is 13.1. The summed E-state index contributed by atoms with van der Waals surface area (Å²) in [7, 11) is 5.03. The summed E-state index contributed by atoms with van der Waals surface area (Å²) in [6.07, 6.45) is 0. The highest BCUT2D eigenvalue weighted by Crippen LogP contribution is 2.41. The van der Waals surface area contributed by atoms with Crippen molar-refractivity contribution in [2.24, 2.45) is 0 Å². The predicted molar refractivity (Wildman–Crippen MR) is 123 cm³/mol. The topological polar surface area (TPSA) is 103 Å². The van der Waals surface area contributed by atoms with Crippen molar-refractivity contribution in [3.05, 3.63) is 62.4 Å². The van der Waals surface area contributed by atoms with Crippen LogP contribution in [-0.2, 0) is 14.3 Å². The number of benzene rings is 1. The quantitative estimate of drug-likeness (QED) is 0.271. The van der Waals surface area contributed by atoms with E-state index in [1.807, 2.05) is 43.3 Å². The lowest BCUT2D eigenvalue weighted by molar-refractivity contribution is -0.140. The average molecular weight is 504 g/mol. The number of nitrogens with one attached hydrogen (secondary N) is 1. The molecule has 0 unspecified atom stereocenters. The van der Waals surface area contributed by atoms with Crippen molar-refractivity contribution >= 4 is 39.3 Å². The zero-order valence-electron chi connectivity index (χ0n) is 18.7. The van der Waals surface area contributed by atoms with Gasteiger partial charge in [-0.2, -0.15) is 0 Å². The number of ketones is 1. The van der Waals surface area contributed by atoms with E-state index in [1.54, 1.807) is 13.8 Å².